The number of carbonyl (C=O) groups excluding carboxylic acids is 4. The molecule has 0 aromatic heterocycles. The van der Waals surface area contributed by atoms with Crippen LogP contribution in [0.15, 0.2) is 42.5 Å². The van der Waals surface area contributed by atoms with Crippen molar-refractivity contribution in [2.24, 2.45) is 5.92 Å². The van der Waals surface area contributed by atoms with Crippen LogP contribution in [0.4, 0.5) is 0 Å². The zero-order valence-electron chi connectivity index (χ0n) is 28.8. The van der Waals surface area contributed by atoms with E-state index in [0.717, 1.165) is 26.0 Å². The number of fused-ring (bicyclic) bond motifs is 1. The van der Waals surface area contributed by atoms with Crippen LogP contribution in [-0.2, 0) is 38.4 Å². The van der Waals surface area contributed by atoms with Crippen molar-refractivity contribution in [1.82, 2.24) is 20.0 Å². The van der Waals surface area contributed by atoms with Gasteiger partial charge in [0.25, 0.3) is 5.91 Å². The second-order valence-electron chi connectivity index (χ2n) is 11.9. The number of likely N-dealkylation sites (N-methyl/N-ethyl adjacent to an activating group) is 2. The third kappa shape index (κ3) is 11.6. The van der Waals surface area contributed by atoms with Gasteiger partial charge >= 0.3 is 0 Å². The second kappa shape index (κ2) is 20.5. The summed E-state index contributed by atoms with van der Waals surface area (Å²) in [7, 11) is 8.98. The number of rotatable bonds is 13. The van der Waals surface area contributed by atoms with Crippen LogP contribution in [0.2, 0.25) is 0 Å². The minimum Gasteiger partial charge on any atom is -0.383 e. The van der Waals surface area contributed by atoms with Crippen LogP contribution in [0.3, 0.4) is 0 Å². The van der Waals surface area contributed by atoms with Gasteiger partial charge in [0.2, 0.25) is 11.8 Å². The van der Waals surface area contributed by atoms with E-state index in [4.69, 9.17) is 9.47 Å². The fraction of sp³-hybridized carbons (Fsp3) is 0.556. The van der Waals surface area contributed by atoms with E-state index in [1.165, 1.54) is 30.2 Å². The quantitative estimate of drug-likeness (QED) is 0.332. The third-order valence-electron chi connectivity index (χ3n) is 8.41. The summed E-state index contributed by atoms with van der Waals surface area (Å²) in [5.41, 5.74) is 4.46. The SMILES string of the molecule is CCC(CC)C1C(=O)NCC(=O)N1Cc1ccc(C=O)cc1C(=O)N(C)CCOC.COCCN(C)C.c1ccc2c(c1)CCC2. The summed E-state index contributed by atoms with van der Waals surface area (Å²) in [4.78, 5) is 54.8. The Morgan fingerprint density at radius 3 is 2.11 bits per heavy atom. The topological polar surface area (TPSA) is 108 Å². The molecule has 10 heteroatoms. The first-order chi connectivity index (χ1) is 22.1. The van der Waals surface area contributed by atoms with Gasteiger partial charge in [-0.1, -0.05) is 63.1 Å². The number of aldehydes is 1. The Morgan fingerprint density at radius 1 is 0.978 bits per heavy atom. The summed E-state index contributed by atoms with van der Waals surface area (Å²) in [6.45, 7) is 6.68. The Bertz CT molecular complexity index is 1240. The normalized spacial score (nSPS) is 15.4. The Hall–Kier alpha value is -3.60. The van der Waals surface area contributed by atoms with Crippen molar-refractivity contribution >= 4 is 24.0 Å². The van der Waals surface area contributed by atoms with E-state index >= 15 is 0 Å². The maximum atomic E-state index is 13.0. The molecule has 0 radical (unpaired) electrons. The highest BCUT2D eigenvalue weighted by molar-refractivity contribution is 5.98. The Kier molecular flexibility index (Phi) is 17.2. The zero-order valence-corrected chi connectivity index (χ0v) is 28.8. The number of ether oxygens (including phenoxy) is 2. The summed E-state index contributed by atoms with van der Waals surface area (Å²) in [5.74, 6) is -0.597. The Morgan fingerprint density at radius 2 is 1.59 bits per heavy atom. The summed E-state index contributed by atoms with van der Waals surface area (Å²) >= 11 is 0. The van der Waals surface area contributed by atoms with Crippen molar-refractivity contribution in [1.29, 1.82) is 0 Å². The summed E-state index contributed by atoms with van der Waals surface area (Å²) < 4.78 is 9.85. The fourth-order valence-corrected chi connectivity index (χ4v) is 5.57. The number of benzene rings is 2. The molecule has 1 N–H and O–H groups in total. The molecule has 1 aliphatic heterocycles. The lowest BCUT2D eigenvalue weighted by atomic mass is 9.90. The highest BCUT2D eigenvalue weighted by Gasteiger charge is 2.39. The number of hydrogen-bond donors (Lipinski definition) is 1. The molecule has 1 saturated heterocycles. The molecule has 1 heterocycles. The molecule has 1 atom stereocenters. The van der Waals surface area contributed by atoms with Crippen LogP contribution in [0.5, 0.6) is 0 Å². The van der Waals surface area contributed by atoms with Crippen LogP contribution in [0.1, 0.15) is 70.5 Å². The second-order valence-corrected chi connectivity index (χ2v) is 11.9. The predicted molar refractivity (Wildman–Crippen MR) is 181 cm³/mol. The smallest absolute Gasteiger partial charge is 0.254 e. The molecular formula is C36H54N4O6. The number of hydrogen-bond acceptors (Lipinski definition) is 7. The molecule has 10 nitrogen and oxygen atoms in total. The van der Waals surface area contributed by atoms with Crippen LogP contribution >= 0.6 is 0 Å². The monoisotopic (exact) mass is 638 g/mol. The lowest BCUT2D eigenvalue weighted by Crippen LogP contribution is -2.60. The molecule has 46 heavy (non-hydrogen) atoms. The maximum absolute atomic E-state index is 13.0. The van der Waals surface area contributed by atoms with Gasteiger partial charge in [0, 0.05) is 52.0 Å². The number of amides is 3. The standard InChI is InChI=1S/C22H31N3O5.C9H10.C5H13NO/c1-5-16(6-2)20-21(28)23-12-19(27)25(20)13-17-8-7-15(14-26)11-18(17)22(29)24(3)9-10-30-4;1-2-5-9-7-3-6-8(9)4-1;1-6(2)4-5-7-3/h7-8,11,14,16,20H,5-6,9-10,12-13H2,1-4H3,(H,23,28);1-2,4-5H,3,6-7H2;4-5H2,1-3H3. The van der Waals surface area contributed by atoms with Crippen LogP contribution in [0.25, 0.3) is 0 Å². The molecule has 4 rings (SSSR count). The molecular weight excluding hydrogens is 584 g/mol. The van der Waals surface area contributed by atoms with E-state index in [-0.39, 0.29) is 36.7 Å². The maximum Gasteiger partial charge on any atom is 0.254 e. The van der Waals surface area contributed by atoms with E-state index in [1.807, 2.05) is 27.9 Å². The van der Waals surface area contributed by atoms with Gasteiger partial charge in [-0.15, -0.1) is 0 Å². The van der Waals surface area contributed by atoms with Crippen molar-refractivity contribution in [3.63, 3.8) is 0 Å². The minimum atomic E-state index is -0.582. The van der Waals surface area contributed by atoms with E-state index < -0.39 is 6.04 Å². The number of methoxy groups -OCH3 is 2. The fourth-order valence-electron chi connectivity index (χ4n) is 5.57. The van der Waals surface area contributed by atoms with Crippen LogP contribution < -0.4 is 5.32 Å². The van der Waals surface area contributed by atoms with E-state index in [9.17, 15) is 19.2 Å². The first kappa shape index (κ1) is 38.6. The summed E-state index contributed by atoms with van der Waals surface area (Å²) in [6, 6.07) is 13.0. The van der Waals surface area contributed by atoms with Crippen molar-refractivity contribution in [2.45, 2.75) is 58.5 Å². The van der Waals surface area contributed by atoms with Gasteiger partial charge in [0.05, 0.1) is 19.8 Å². The highest BCUT2D eigenvalue weighted by Crippen LogP contribution is 2.25. The van der Waals surface area contributed by atoms with Gasteiger partial charge in [-0.25, -0.2) is 0 Å². The number of nitrogens with zero attached hydrogens (tertiary/aromatic N) is 3. The van der Waals surface area contributed by atoms with Gasteiger partial charge in [-0.05, 0) is 62.0 Å². The third-order valence-corrected chi connectivity index (χ3v) is 8.41. The van der Waals surface area contributed by atoms with E-state index in [2.05, 4.69) is 34.5 Å². The van der Waals surface area contributed by atoms with Crippen molar-refractivity contribution in [3.05, 3.63) is 70.3 Å². The minimum absolute atomic E-state index is 0.0204. The lowest BCUT2D eigenvalue weighted by Gasteiger charge is -2.39. The molecule has 3 amide bonds. The molecule has 0 saturated carbocycles. The van der Waals surface area contributed by atoms with Crippen molar-refractivity contribution in [2.75, 3.05) is 68.2 Å². The first-order valence-corrected chi connectivity index (χ1v) is 16.2. The molecule has 2 aromatic carbocycles. The first-order valence-electron chi connectivity index (χ1n) is 16.2. The molecule has 2 aromatic rings. The molecule has 1 aliphatic carbocycles. The van der Waals surface area contributed by atoms with Crippen LogP contribution in [0, 0.1) is 5.92 Å². The molecule has 2 aliphatic rings. The van der Waals surface area contributed by atoms with Gasteiger partial charge < -0.3 is 29.5 Å². The van der Waals surface area contributed by atoms with Crippen molar-refractivity contribution in [3.8, 4) is 0 Å². The van der Waals surface area contributed by atoms with Gasteiger partial charge in [0.1, 0.15) is 12.3 Å². The number of carbonyl (C=O) groups is 4. The number of aryl methyl sites for hydroxylation is 2. The molecule has 1 fully saturated rings. The lowest BCUT2D eigenvalue weighted by molar-refractivity contribution is -0.148. The van der Waals surface area contributed by atoms with E-state index in [0.29, 0.717) is 36.1 Å². The summed E-state index contributed by atoms with van der Waals surface area (Å²) in [5, 5.41) is 2.68. The molecule has 0 bridgehead atoms. The van der Waals surface area contributed by atoms with Gasteiger partial charge in [-0.2, -0.15) is 0 Å². The van der Waals surface area contributed by atoms with E-state index in [1.54, 1.807) is 49.4 Å². The molecule has 1 unspecified atom stereocenters. The number of nitrogens with one attached hydrogen (secondary N) is 1. The zero-order chi connectivity index (χ0) is 34.1. The Labute approximate surface area is 275 Å². The molecule has 0 spiro atoms. The van der Waals surface area contributed by atoms with Gasteiger partial charge in [0.15, 0.2) is 0 Å². The molecule has 254 valence electrons. The largest absolute Gasteiger partial charge is 0.383 e. The summed E-state index contributed by atoms with van der Waals surface area (Å²) in [6.07, 6.45) is 6.16. The highest BCUT2D eigenvalue weighted by atomic mass is 16.5. The van der Waals surface area contributed by atoms with Gasteiger partial charge in [-0.3, -0.25) is 19.2 Å². The average molecular weight is 639 g/mol. The van der Waals surface area contributed by atoms with Crippen LogP contribution in [-0.4, -0.2) is 113 Å². The Balaban J connectivity index is 0.000000370. The average Bonchev–Trinajstić information content (AvgIpc) is 3.55. The number of piperazine rings is 1. The predicted octanol–water partition coefficient (Wildman–Crippen LogP) is 3.85. The van der Waals surface area contributed by atoms with Crippen molar-refractivity contribution < 1.29 is 28.7 Å².